The third kappa shape index (κ3) is 2.94. The second kappa shape index (κ2) is 4.26. The summed E-state index contributed by atoms with van der Waals surface area (Å²) in [7, 11) is 1.66. The van der Waals surface area contributed by atoms with Gasteiger partial charge in [0.2, 0.25) is 0 Å². The molecular weight excluding hydrogens is 185 g/mol. The fourth-order valence-corrected chi connectivity index (χ4v) is 1.64. The number of carbonyl (C=O) groups excluding carboxylic acids is 1. The Bertz CT molecular complexity index is 213. The number of alkyl halides is 1. The molecule has 0 aromatic carbocycles. The van der Waals surface area contributed by atoms with Crippen LogP contribution in [0.1, 0.15) is 33.1 Å². The normalized spacial score (nSPS) is 27.7. The van der Waals surface area contributed by atoms with Crippen LogP contribution in [0.5, 0.6) is 0 Å². The molecule has 1 N–H and O–H groups in total. The molecule has 1 aliphatic rings. The van der Waals surface area contributed by atoms with E-state index < -0.39 is 11.6 Å². The van der Waals surface area contributed by atoms with Crippen LogP contribution in [0.25, 0.3) is 0 Å². The Labute approximate surface area is 84.0 Å². The van der Waals surface area contributed by atoms with Gasteiger partial charge in [0.25, 0.3) is 5.91 Å². The monoisotopic (exact) mass is 203 g/mol. The maximum Gasteiger partial charge on any atom is 0.257 e. The number of methoxy groups -OCH3 is 1. The fourth-order valence-electron chi connectivity index (χ4n) is 1.64. The summed E-state index contributed by atoms with van der Waals surface area (Å²) in [4.78, 5) is 11.3. The number of carbonyl (C=O) groups is 1. The van der Waals surface area contributed by atoms with Crippen molar-refractivity contribution in [1.29, 1.82) is 0 Å². The van der Waals surface area contributed by atoms with Crippen LogP contribution in [0.15, 0.2) is 0 Å². The first kappa shape index (κ1) is 11.4. The number of hydrogen-bond donors (Lipinski definition) is 1. The highest BCUT2D eigenvalue weighted by Gasteiger charge is 2.31. The highest BCUT2D eigenvalue weighted by atomic mass is 19.1. The van der Waals surface area contributed by atoms with Crippen LogP contribution < -0.4 is 5.32 Å². The van der Waals surface area contributed by atoms with Crippen molar-refractivity contribution < 1.29 is 13.9 Å². The van der Waals surface area contributed by atoms with Crippen LogP contribution in [0.4, 0.5) is 4.39 Å². The van der Waals surface area contributed by atoms with Crippen molar-refractivity contribution in [2.45, 2.75) is 50.9 Å². The lowest BCUT2D eigenvalue weighted by atomic mass is 10.1. The number of halogens is 1. The SMILES string of the molecule is COC1CCC(NC(=O)C(C)(C)F)C1. The van der Waals surface area contributed by atoms with Gasteiger partial charge in [-0.05, 0) is 33.1 Å². The molecule has 2 unspecified atom stereocenters. The Morgan fingerprint density at radius 2 is 2.14 bits per heavy atom. The maximum absolute atomic E-state index is 13.2. The Hall–Kier alpha value is -0.640. The summed E-state index contributed by atoms with van der Waals surface area (Å²) in [5.74, 6) is -0.528. The molecule has 0 aromatic rings. The van der Waals surface area contributed by atoms with Crippen molar-refractivity contribution >= 4 is 5.91 Å². The minimum atomic E-state index is -1.79. The molecule has 14 heavy (non-hydrogen) atoms. The molecule has 0 aromatic heterocycles. The molecule has 3 nitrogen and oxygen atoms in total. The van der Waals surface area contributed by atoms with Crippen molar-refractivity contribution in [2.75, 3.05) is 7.11 Å². The summed E-state index contributed by atoms with van der Waals surface area (Å²) in [5.41, 5.74) is -1.79. The molecular formula is C10H18FNO2. The smallest absolute Gasteiger partial charge is 0.257 e. The summed E-state index contributed by atoms with van der Waals surface area (Å²) in [6.07, 6.45) is 2.82. The van der Waals surface area contributed by atoms with Gasteiger partial charge in [0.05, 0.1) is 6.10 Å². The number of rotatable bonds is 3. The molecule has 0 heterocycles. The van der Waals surface area contributed by atoms with Gasteiger partial charge in [-0.25, -0.2) is 4.39 Å². The predicted molar refractivity (Wildman–Crippen MR) is 51.8 cm³/mol. The number of nitrogens with one attached hydrogen (secondary N) is 1. The standard InChI is InChI=1S/C10H18FNO2/c1-10(2,11)9(13)12-7-4-5-8(6-7)14-3/h7-8H,4-6H2,1-3H3,(H,12,13). The van der Waals surface area contributed by atoms with Crippen LogP contribution in [0.3, 0.4) is 0 Å². The van der Waals surface area contributed by atoms with Crippen molar-refractivity contribution in [2.24, 2.45) is 0 Å². The molecule has 0 bridgehead atoms. The van der Waals surface area contributed by atoms with Gasteiger partial charge < -0.3 is 10.1 Å². The van der Waals surface area contributed by atoms with E-state index in [0.29, 0.717) is 0 Å². The highest BCUT2D eigenvalue weighted by molar-refractivity contribution is 5.84. The van der Waals surface area contributed by atoms with E-state index in [1.807, 2.05) is 0 Å². The van der Waals surface area contributed by atoms with Gasteiger partial charge in [-0.1, -0.05) is 0 Å². The minimum absolute atomic E-state index is 0.0717. The van der Waals surface area contributed by atoms with Gasteiger partial charge in [-0.15, -0.1) is 0 Å². The average Bonchev–Trinajstić information content (AvgIpc) is 2.50. The molecule has 0 aliphatic heterocycles. The first-order chi connectivity index (χ1) is 6.43. The second-order valence-corrected chi connectivity index (χ2v) is 4.31. The van der Waals surface area contributed by atoms with Crippen LogP contribution in [0, 0.1) is 0 Å². The molecule has 0 saturated heterocycles. The maximum atomic E-state index is 13.2. The first-order valence-electron chi connectivity index (χ1n) is 4.96. The van der Waals surface area contributed by atoms with Crippen LogP contribution in [0.2, 0.25) is 0 Å². The zero-order chi connectivity index (χ0) is 10.8. The quantitative estimate of drug-likeness (QED) is 0.753. The molecule has 1 rings (SSSR count). The van der Waals surface area contributed by atoms with E-state index in [4.69, 9.17) is 4.74 Å². The lowest BCUT2D eigenvalue weighted by Gasteiger charge is -2.18. The summed E-state index contributed by atoms with van der Waals surface area (Å²) >= 11 is 0. The minimum Gasteiger partial charge on any atom is -0.381 e. The summed E-state index contributed by atoms with van der Waals surface area (Å²) < 4.78 is 18.3. The largest absolute Gasteiger partial charge is 0.381 e. The number of amides is 1. The Morgan fingerprint density at radius 3 is 2.57 bits per heavy atom. The van der Waals surface area contributed by atoms with Gasteiger partial charge in [-0.2, -0.15) is 0 Å². The van der Waals surface area contributed by atoms with Crippen molar-refractivity contribution in [3.63, 3.8) is 0 Å². The molecule has 0 spiro atoms. The van der Waals surface area contributed by atoms with E-state index in [-0.39, 0.29) is 12.1 Å². The third-order valence-electron chi connectivity index (χ3n) is 2.59. The Kier molecular flexibility index (Phi) is 3.48. The lowest BCUT2D eigenvalue weighted by Crippen LogP contribution is -2.43. The van der Waals surface area contributed by atoms with Crippen LogP contribution in [-0.2, 0) is 9.53 Å². The van der Waals surface area contributed by atoms with Gasteiger partial charge in [-0.3, -0.25) is 4.79 Å². The van der Waals surface area contributed by atoms with Gasteiger partial charge in [0.1, 0.15) is 0 Å². The lowest BCUT2D eigenvalue weighted by molar-refractivity contribution is -0.131. The van der Waals surface area contributed by atoms with Crippen LogP contribution in [-0.4, -0.2) is 30.8 Å². The van der Waals surface area contributed by atoms with Crippen molar-refractivity contribution in [3.05, 3.63) is 0 Å². The predicted octanol–water partition coefficient (Wildman–Crippen LogP) is 1.42. The summed E-state index contributed by atoms with van der Waals surface area (Å²) in [5, 5.41) is 2.69. The molecule has 82 valence electrons. The van der Waals surface area contributed by atoms with Gasteiger partial charge in [0, 0.05) is 13.2 Å². The first-order valence-corrected chi connectivity index (χ1v) is 4.96. The zero-order valence-corrected chi connectivity index (χ0v) is 8.97. The average molecular weight is 203 g/mol. The molecule has 1 amide bonds. The zero-order valence-electron chi connectivity index (χ0n) is 8.97. The fraction of sp³-hybridized carbons (Fsp3) is 0.900. The second-order valence-electron chi connectivity index (χ2n) is 4.31. The van der Waals surface area contributed by atoms with Gasteiger partial charge >= 0.3 is 0 Å². The van der Waals surface area contributed by atoms with Crippen molar-refractivity contribution in [1.82, 2.24) is 5.32 Å². The number of ether oxygens (including phenoxy) is 1. The Balaban J connectivity index is 2.36. The van der Waals surface area contributed by atoms with E-state index in [0.717, 1.165) is 19.3 Å². The summed E-state index contributed by atoms with van der Waals surface area (Å²) in [6, 6.07) is 0.0717. The molecule has 1 fully saturated rings. The Morgan fingerprint density at radius 1 is 1.50 bits per heavy atom. The van der Waals surface area contributed by atoms with E-state index in [2.05, 4.69) is 5.32 Å². The molecule has 4 heteroatoms. The highest BCUT2D eigenvalue weighted by Crippen LogP contribution is 2.22. The summed E-state index contributed by atoms with van der Waals surface area (Å²) in [6.45, 7) is 2.54. The van der Waals surface area contributed by atoms with E-state index >= 15 is 0 Å². The number of hydrogen-bond acceptors (Lipinski definition) is 2. The molecule has 1 saturated carbocycles. The van der Waals surface area contributed by atoms with E-state index in [1.54, 1.807) is 7.11 Å². The molecule has 1 aliphatic carbocycles. The topological polar surface area (TPSA) is 38.3 Å². The van der Waals surface area contributed by atoms with E-state index in [9.17, 15) is 9.18 Å². The third-order valence-corrected chi connectivity index (χ3v) is 2.59. The van der Waals surface area contributed by atoms with Gasteiger partial charge in [0.15, 0.2) is 5.67 Å². The molecule has 0 radical (unpaired) electrons. The van der Waals surface area contributed by atoms with Crippen LogP contribution >= 0.6 is 0 Å². The molecule has 2 atom stereocenters. The van der Waals surface area contributed by atoms with E-state index in [1.165, 1.54) is 13.8 Å². The van der Waals surface area contributed by atoms with Crippen molar-refractivity contribution in [3.8, 4) is 0 Å².